The minimum absolute atomic E-state index is 0.00576. The van der Waals surface area contributed by atoms with Crippen molar-refractivity contribution in [1.29, 1.82) is 0 Å². The molecular weight excluding hydrogens is 396 g/mol. The number of para-hydroxylation sites is 1. The highest BCUT2D eigenvalue weighted by Crippen LogP contribution is 2.26. The highest BCUT2D eigenvalue weighted by molar-refractivity contribution is 8.00. The molecule has 0 saturated carbocycles. The summed E-state index contributed by atoms with van der Waals surface area (Å²) in [5, 5.41) is 4.91. The Labute approximate surface area is 181 Å². The zero-order chi connectivity index (χ0) is 20.8. The molecule has 1 amide bonds. The number of carbonyl (C=O) groups is 1. The fraction of sp³-hybridized carbons (Fsp3) is 0.348. The molecule has 3 aromatic rings. The minimum Gasteiger partial charge on any atom is -0.379 e. The maximum absolute atomic E-state index is 12.5. The third-order valence-corrected chi connectivity index (χ3v) is 6.09. The Hall–Kier alpha value is -2.48. The number of benzene rings is 2. The maximum Gasteiger partial charge on any atom is 0.230 e. The van der Waals surface area contributed by atoms with Gasteiger partial charge in [0.15, 0.2) is 0 Å². The first kappa shape index (κ1) is 20.8. The van der Waals surface area contributed by atoms with Gasteiger partial charge in [-0.15, -0.1) is 0 Å². The molecule has 1 aliphatic rings. The molecule has 1 unspecified atom stereocenters. The van der Waals surface area contributed by atoms with Crippen molar-refractivity contribution in [2.24, 2.45) is 0 Å². The molecule has 1 saturated heterocycles. The van der Waals surface area contributed by atoms with Crippen molar-refractivity contribution in [3.8, 4) is 0 Å². The van der Waals surface area contributed by atoms with Gasteiger partial charge in [-0.25, -0.2) is 9.97 Å². The molecule has 2 heterocycles. The molecule has 7 heteroatoms. The minimum atomic E-state index is -0.0293. The second-order valence-electron chi connectivity index (χ2n) is 7.34. The summed E-state index contributed by atoms with van der Waals surface area (Å²) in [6.07, 6.45) is 0. The van der Waals surface area contributed by atoms with Crippen molar-refractivity contribution in [3.63, 3.8) is 0 Å². The predicted molar refractivity (Wildman–Crippen MR) is 119 cm³/mol. The van der Waals surface area contributed by atoms with Gasteiger partial charge in [-0.05, 0) is 18.6 Å². The molecule has 1 N–H and O–H groups in total. The number of rotatable bonds is 7. The zero-order valence-corrected chi connectivity index (χ0v) is 17.9. The van der Waals surface area contributed by atoms with Gasteiger partial charge in [-0.3, -0.25) is 9.69 Å². The van der Waals surface area contributed by atoms with Crippen LogP contribution in [0.1, 0.15) is 24.4 Å². The van der Waals surface area contributed by atoms with Crippen LogP contribution >= 0.6 is 11.8 Å². The first-order chi connectivity index (χ1) is 14.7. The first-order valence-electron chi connectivity index (χ1n) is 10.2. The number of fused-ring (bicyclic) bond motifs is 1. The molecule has 0 aliphatic carbocycles. The molecule has 1 fully saturated rings. The smallest absolute Gasteiger partial charge is 0.230 e. The largest absolute Gasteiger partial charge is 0.379 e. The number of morpholine rings is 1. The second kappa shape index (κ2) is 10.0. The van der Waals surface area contributed by atoms with Crippen molar-refractivity contribution in [2.45, 2.75) is 24.5 Å². The molecule has 0 radical (unpaired) electrons. The summed E-state index contributed by atoms with van der Waals surface area (Å²) in [4.78, 5) is 24.4. The summed E-state index contributed by atoms with van der Waals surface area (Å²) in [6.45, 7) is 5.96. The summed E-state index contributed by atoms with van der Waals surface area (Å²) in [7, 11) is 0. The summed E-state index contributed by atoms with van der Waals surface area (Å²) < 4.78 is 5.43. The van der Waals surface area contributed by atoms with E-state index >= 15 is 0 Å². The normalized spacial score (nSPS) is 15.8. The van der Waals surface area contributed by atoms with Crippen LogP contribution < -0.4 is 5.32 Å². The van der Waals surface area contributed by atoms with Gasteiger partial charge < -0.3 is 10.1 Å². The number of carbonyl (C=O) groups excluding carboxylic acids is 1. The van der Waals surface area contributed by atoms with E-state index in [0.717, 1.165) is 53.6 Å². The van der Waals surface area contributed by atoms with Crippen LogP contribution in [-0.2, 0) is 16.1 Å². The lowest BCUT2D eigenvalue weighted by molar-refractivity contribution is -0.119. The molecule has 1 atom stereocenters. The van der Waals surface area contributed by atoms with Gasteiger partial charge in [0, 0.05) is 18.5 Å². The molecule has 1 aromatic heterocycles. The predicted octanol–water partition coefficient (Wildman–Crippen LogP) is 3.43. The van der Waals surface area contributed by atoms with E-state index in [9.17, 15) is 4.79 Å². The van der Waals surface area contributed by atoms with Gasteiger partial charge in [0.2, 0.25) is 5.91 Å². The number of hydrogen-bond donors (Lipinski definition) is 1. The summed E-state index contributed by atoms with van der Waals surface area (Å²) in [6, 6.07) is 17.9. The van der Waals surface area contributed by atoms with Crippen LogP contribution in [-0.4, -0.2) is 52.8 Å². The van der Waals surface area contributed by atoms with Crippen LogP contribution in [0.2, 0.25) is 0 Å². The quantitative estimate of drug-likeness (QED) is 0.465. The number of hydrogen-bond acceptors (Lipinski definition) is 6. The van der Waals surface area contributed by atoms with Crippen LogP contribution in [0.3, 0.4) is 0 Å². The third kappa shape index (κ3) is 5.36. The molecule has 0 bridgehead atoms. The lowest BCUT2D eigenvalue weighted by atomic mass is 10.1. The Kier molecular flexibility index (Phi) is 6.94. The molecule has 156 valence electrons. The number of ether oxygens (including phenoxy) is 1. The zero-order valence-electron chi connectivity index (χ0n) is 17.1. The summed E-state index contributed by atoms with van der Waals surface area (Å²) in [5.41, 5.74) is 2.01. The van der Waals surface area contributed by atoms with Gasteiger partial charge in [-0.2, -0.15) is 0 Å². The van der Waals surface area contributed by atoms with E-state index in [1.54, 1.807) is 0 Å². The molecule has 6 nitrogen and oxygen atoms in total. The van der Waals surface area contributed by atoms with Crippen LogP contribution in [0.4, 0.5) is 0 Å². The molecule has 1 aliphatic heterocycles. The van der Waals surface area contributed by atoms with Crippen LogP contribution in [0.15, 0.2) is 59.6 Å². The molecule has 4 rings (SSSR count). The average Bonchev–Trinajstić information content (AvgIpc) is 2.78. The van der Waals surface area contributed by atoms with E-state index in [0.29, 0.717) is 12.3 Å². The van der Waals surface area contributed by atoms with Crippen LogP contribution in [0.5, 0.6) is 0 Å². The maximum atomic E-state index is 12.5. The van der Waals surface area contributed by atoms with Crippen molar-refractivity contribution in [3.05, 3.63) is 66.0 Å². The second-order valence-corrected chi connectivity index (χ2v) is 8.30. The van der Waals surface area contributed by atoms with Gasteiger partial charge in [-0.1, -0.05) is 60.3 Å². The molecule has 30 heavy (non-hydrogen) atoms. The fourth-order valence-corrected chi connectivity index (χ4v) is 4.32. The third-order valence-electron chi connectivity index (χ3n) is 5.10. The van der Waals surface area contributed by atoms with Crippen molar-refractivity contribution >= 4 is 28.6 Å². The molecule has 0 spiro atoms. The Morgan fingerprint density at radius 3 is 2.63 bits per heavy atom. The molecule has 2 aromatic carbocycles. The monoisotopic (exact) mass is 422 g/mol. The number of amides is 1. The van der Waals surface area contributed by atoms with E-state index in [-0.39, 0.29) is 11.9 Å². The Bertz CT molecular complexity index is 993. The highest BCUT2D eigenvalue weighted by Gasteiger charge is 2.16. The van der Waals surface area contributed by atoms with Gasteiger partial charge in [0.05, 0.1) is 37.1 Å². The lowest BCUT2D eigenvalue weighted by Crippen LogP contribution is -2.36. The van der Waals surface area contributed by atoms with Gasteiger partial charge in [0.1, 0.15) is 10.9 Å². The topological polar surface area (TPSA) is 67.4 Å². The number of thioether (sulfide) groups is 1. The average molecular weight is 423 g/mol. The summed E-state index contributed by atoms with van der Waals surface area (Å²) in [5.74, 6) is 1.10. The number of nitrogens with one attached hydrogen (secondary N) is 1. The first-order valence-corrected chi connectivity index (χ1v) is 11.2. The fourth-order valence-electron chi connectivity index (χ4n) is 3.48. The number of nitrogens with zero attached hydrogens (tertiary/aromatic N) is 3. The van der Waals surface area contributed by atoms with E-state index in [1.807, 2.05) is 61.5 Å². The van der Waals surface area contributed by atoms with Crippen molar-refractivity contribution in [1.82, 2.24) is 20.2 Å². The van der Waals surface area contributed by atoms with Crippen molar-refractivity contribution < 1.29 is 9.53 Å². The summed E-state index contributed by atoms with van der Waals surface area (Å²) >= 11 is 1.47. The molecular formula is C23H26N4O2S. The Balaban J connectivity index is 1.45. The number of aromatic nitrogens is 2. The standard InChI is InChI=1S/C23H26N4O2S/c1-17(18-7-3-2-4-8-18)24-22(28)16-30-23-19-9-5-6-10-20(19)25-21(26-23)15-27-11-13-29-14-12-27/h2-10,17H,11-16H2,1H3,(H,24,28). The SMILES string of the molecule is CC(NC(=O)CSc1nc(CN2CCOCC2)nc2ccccc12)c1ccccc1. The van der Waals surface area contributed by atoms with Crippen molar-refractivity contribution in [2.75, 3.05) is 32.1 Å². The van der Waals surface area contributed by atoms with Gasteiger partial charge >= 0.3 is 0 Å². The van der Waals surface area contributed by atoms with E-state index in [4.69, 9.17) is 14.7 Å². The van der Waals surface area contributed by atoms with E-state index in [2.05, 4.69) is 10.2 Å². The van der Waals surface area contributed by atoms with E-state index < -0.39 is 0 Å². The Morgan fingerprint density at radius 1 is 1.10 bits per heavy atom. The van der Waals surface area contributed by atoms with Crippen LogP contribution in [0, 0.1) is 0 Å². The van der Waals surface area contributed by atoms with Crippen LogP contribution in [0.25, 0.3) is 10.9 Å². The highest BCUT2D eigenvalue weighted by atomic mass is 32.2. The Morgan fingerprint density at radius 2 is 1.83 bits per heavy atom. The lowest BCUT2D eigenvalue weighted by Gasteiger charge is -2.25. The van der Waals surface area contributed by atoms with E-state index in [1.165, 1.54) is 11.8 Å². The van der Waals surface area contributed by atoms with Gasteiger partial charge in [0.25, 0.3) is 0 Å².